The molecule has 2 aliphatic rings. The van der Waals surface area contributed by atoms with Gasteiger partial charge >= 0.3 is 0 Å². The summed E-state index contributed by atoms with van der Waals surface area (Å²) in [6.45, 7) is 0.869. The Morgan fingerprint density at radius 1 is 1.15 bits per heavy atom. The van der Waals surface area contributed by atoms with E-state index in [2.05, 4.69) is 5.32 Å². The van der Waals surface area contributed by atoms with E-state index in [1.54, 1.807) is 24.3 Å². The molecule has 1 N–H and O–H groups in total. The summed E-state index contributed by atoms with van der Waals surface area (Å²) < 4.78 is 0. The van der Waals surface area contributed by atoms with Crippen molar-refractivity contribution in [1.29, 1.82) is 0 Å². The third-order valence-corrected chi connectivity index (χ3v) is 5.36. The van der Waals surface area contributed by atoms with Gasteiger partial charge in [-0.2, -0.15) is 0 Å². The lowest BCUT2D eigenvalue weighted by Gasteiger charge is -2.21. The lowest BCUT2D eigenvalue weighted by atomic mass is 10.1. The van der Waals surface area contributed by atoms with E-state index in [0.29, 0.717) is 41.0 Å². The lowest BCUT2D eigenvalue weighted by Crippen LogP contribution is -2.32. The molecule has 1 atom stereocenters. The van der Waals surface area contributed by atoms with Crippen LogP contribution in [0.4, 0.5) is 5.69 Å². The Balaban J connectivity index is 1.77. The zero-order valence-electron chi connectivity index (χ0n) is 14.4. The first kappa shape index (κ1) is 18.0. The van der Waals surface area contributed by atoms with Crippen LogP contribution in [0.2, 0.25) is 10.0 Å². The van der Waals surface area contributed by atoms with E-state index in [4.69, 9.17) is 28.2 Å². The molecule has 2 aliphatic heterocycles. The molecule has 138 valence electrons. The maximum atomic E-state index is 12.8. The number of rotatable bonds is 2. The van der Waals surface area contributed by atoms with Gasteiger partial charge in [0.2, 0.25) is 5.91 Å². The molecular formula is C20H17Cl2N3O2. The van der Waals surface area contributed by atoms with E-state index < -0.39 is 6.04 Å². The topological polar surface area (TPSA) is 61.8 Å². The number of carbonyl (C=O) groups excluding carboxylic acids is 2. The first-order valence-corrected chi connectivity index (χ1v) is 9.45. The van der Waals surface area contributed by atoms with Crippen molar-refractivity contribution in [3.05, 3.63) is 63.6 Å². The maximum Gasteiger partial charge on any atom is 0.249 e. The number of hydrogen-bond donors (Lipinski definition) is 1. The summed E-state index contributed by atoms with van der Waals surface area (Å²) in [6.07, 6.45) is 0.851. The van der Waals surface area contributed by atoms with E-state index in [-0.39, 0.29) is 18.2 Å². The number of nitrogens with zero attached hydrogens (tertiary/aromatic N) is 2. The number of fused-ring (bicyclic) bond motifs is 1. The van der Waals surface area contributed by atoms with Gasteiger partial charge < -0.3 is 10.2 Å². The highest BCUT2D eigenvalue weighted by Gasteiger charge is 2.31. The fourth-order valence-electron chi connectivity index (χ4n) is 3.38. The van der Waals surface area contributed by atoms with E-state index in [1.807, 2.05) is 23.1 Å². The van der Waals surface area contributed by atoms with Crippen molar-refractivity contribution < 1.29 is 9.59 Å². The maximum absolute atomic E-state index is 12.8. The van der Waals surface area contributed by atoms with Crippen molar-refractivity contribution in [2.75, 3.05) is 18.4 Å². The van der Waals surface area contributed by atoms with Gasteiger partial charge in [0.15, 0.2) is 5.78 Å². The number of carbonyl (C=O) groups is 2. The highest BCUT2D eigenvalue weighted by molar-refractivity contribution is 6.31. The summed E-state index contributed by atoms with van der Waals surface area (Å²) in [5.74, 6) is 0.570. The molecule has 2 aromatic rings. The number of hydrogen-bond acceptors (Lipinski definition) is 4. The molecule has 1 saturated heterocycles. The molecule has 0 aromatic heterocycles. The Hall–Kier alpha value is -2.37. The quantitative estimate of drug-likeness (QED) is 0.836. The molecule has 0 aliphatic carbocycles. The number of nitrogens with one attached hydrogen (secondary N) is 1. The molecule has 4 rings (SSSR count). The van der Waals surface area contributed by atoms with Gasteiger partial charge in [-0.3, -0.25) is 14.6 Å². The van der Waals surface area contributed by atoms with Crippen molar-refractivity contribution in [2.45, 2.75) is 18.9 Å². The van der Waals surface area contributed by atoms with E-state index in [1.165, 1.54) is 0 Å². The second-order valence-corrected chi connectivity index (χ2v) is 7.50. The van der Waals surface area contributed by atoms with Gasteiger partial charge in [0.1, 0.15) is 11.9 Å². The Morgan fingerprint density at radius 2 is 1.96 bits per heavy atom. The highest BCUT2D eigenvalue weighted by Crippen LogP contribution is 2.28. The second-order valence-electron chi connectivity index (χ2n) is 6.65. The number of likely N-dealkylation sites (tertiary alicyclic amines) is 1. The van der Waals surface area contributed by atoms with E-state index in [9.17, 15) is 9.59 Å². The minimum atomic E-state index is -0.651. The summed E-state index contributed by atoms with van der Waals surface area (Å²) >= 11 is 12.5. The minimum Gasteiger partial charge on any atom is -0.349 e. The molecule has 0 radical (unpaired) electrons. The average molecular weight is 402 g/mol. The highest BCUT2D eigenvalue weighted by atomic mass is 35.5. The van der Waals surface area contributed by atoms with Gasteiger partial charge in [-0.05, 0) is 29.8 Å². The number of Topliss-reactive ketones (excluding diaryl/α,β-unsaturated/α-hetero) is 1. The van der Waals surface area contributed by atoms with Gasteiger partial charge in [0.05, 0.1) is 12.2 Å². The second kappa shape index (κ2) is 7.33. The van der Waals surface area contributed by atoms with Gasteiger partial charge in [0, 0.05) is 35.0 Å². The molecule has 27 heavy (non-hydrogen) atoms. The first-order valence-electron chi connectivity index (χ1n) is 8.70. The van der Waals surface area contributed by atoms with Crippen LogP contribution in [0.5, 0.6) is 0 Å². The van der Waals surface area contributed by atoms with Gasteiger partial charge in [-0.25, -0.2) is 0 Å². The van der Waals surface area contributed by atoms with E-state index >= 15 is 0 Å². The Morgan fingerprint density at radius 3 is 2.70 bits per heavy atom. The van der Waals surface area contributed by atoms with Crippen LogP contribution >= 0.6 is 23.2 Å². The number of ketones is 1. The average Bonchev–Trinajstić information content (AvgIpc) is 3.02. The summed E-state index contributed by atoms with van der Waals surface area (Å²) in [5, 5.41) is 4.08. The Bertz CT molecular complexity index is 958. The summed E-state index contributed by atoms with van der Waals surface area (Å²) in [5.41, 5.74) is 2.22. The van der Waals surface area contributed by atoms with Crippen LogP contribution in [0.25, 0.3) is 0 Å². The fourth-order valence-corrected chi connectivity index (χ4v) is 3.76. The van der Waals surface area contributed by atoms with Gasteiger partial charge in [-0.1, -0.05) is 41.4 Å². The molecular weight excluding hydrogens is 385 g/mol. The number of halogens is 2. The molecule has 1 amide bonds. The Labute approximate surface area is 167 Å². The smallest absolute Gasteiger partial charge is 0.249 e. The minimum absolute atomic E-state index is 0.160. The summed E-state index contributed by atoms with van der Waals surface area (Å²) in [7, 11) is 0. The lowest BCUT2D eigenvalue weighted by molar-refractivity contribution is -0.117. The summed E-state index contributed by atoms with van der Waals surface area (Å²) in [6, 6.07) is 12.0. The number of amidine groups is 1. The van der Waals surface area contributed by atoms with Crippen LogP contribution < -0.4 is 5.32 Å². The van der Waals surface area contributed by atoms with Crippen LogP contribution in [0.3, 0.4) is 0 Å². The third kappa shape index (κ3) is 3.70. The molecule has 0 saturated carbocycles. The zero-order valence-corrected chi connectivity index (χ0v) is 15.9. The SMILES string of the molecule is O=C1CCN(C2=NC(Cc3ccccc3Cl)C(=O)Nc3ccc(Cl)cc32)C1. The number of anilines is 1. The van der Waals surface area contributed by atoms with Crippen LogP contribution in [0, 0.1) is 0 Å². The molecule has 1 unspecified atom stereocenters. The van der Waals surface area contributed by atoms with Crippen LogP contribution in [0.1, 0.15) is 17.5 Å². The predicted octanol–water partition coefficient (Wildman–Crippen LogP) is 3.58. The van der Waals surface area contributed by atoms with Crippen molar-refractivity contribution >= 4 is 46.4 Å². The first-order chi connectivity index (χ1) is 13.0. The van der Waals surface area contributed by atoms with Crippen molar-refractivity contribution in [3.8, 4) is 0 Å². The molecule has 5 nitrogen and oxygen atoms in total. The third-order valence-electron chi connectivity index (χ3n) is 4.76. The standard InChI is InChI=1S/C20H17Cl2N3O2/c21-13-5-6-17-15(10-13)19(25-8-7-14(26)11-25)23-18(20(27)24-17)9-12-3-1-2-4-16(12)22/h1-6,10,18H,7-9,11H2,(H,24,27). The van der Waals surface area contributed by atoms with Gasteiger partial charge in [0.25, 0.3) is 0 Å². The largest absolute Gasteiger partial charge is 0.349 e. The Kier molecular flexibility index (Phi) is 4.89. The molecule has 1 fully saturated rings. The fraction of sp³-hybridized carbons (Fsp3) is 0.250. The zero-order chi connectivity index (χ0) is 19.0. The number of amides is 1. The number of benzene rings is 2. The molecule has 2 aromatic carbocycles. The molecule has 2 heterocycles. The number of benzodiazepines with no additional fused rings is 1. The predicted molar refractivity (Wildman–Crippen MR) is 107 cm³/mol. The van der Waals surface area contributed by atoms with Gasteiger partial charge in [-0.15, -0.1) is 0 Å². The molecule has 0 bridgehead atoms. The van der Waals surface area contributed by atoms with Crippen molar-refractivity contribution in [1.82, 2.24) is 4.90 Å². The number of aliphatic imine (C=N–C) groups is 1. The molecule has 7 heteroatoms. The summed E-state index contributed by atoms with van der Waals surface area (Å²) in [4.78, 5) is 31.3. The van der Waals surface area contributed by atoms with Crippen molar-refractivity contribution in [3.63, 3.8) is 0 Å². The van der Waals surface area contributed by atoms with Crippen molar-refractivity contribution in [2.24, 2.45) is 4.99 Å². The van der Waals surface area contributed by atoms with E-state index in [0.717, 1.165) is 11.1 Å². The van der Waals surface area contributed by atoms with Crippen LogP contribution in [0.15, 0.2) is 47.5 Å². The van der Waals surface area contributed by atoms with Crippen LogP contribution in [-0.2, 0) is 16.0 Å². The normalized spacial score (nSPS) is 19.4. The monoisotopic (exact) mass is 401 g/mol. The van der Waals surface area contributed by atoms with Crippen LogP contribution in [-0.4, -0.2) is 41.6 Å². The molecule has 0 spiro atoms.